The molecule has 1 saturated heterocycles. The van der Waals surface area contributed by atoms with Crippen molar-refractivity contribution in [2.45, 2.75) is 51.2 Å². The number of aromatic amines is 1. The Hall–Kier alpha value is -2.96. The van der Waals surface area contributed by atoms with Crippen LogP contribution in [-0.2, 0) is 14.4 Å². The van der Waals surface area contributed by atoms with E-state index in [4.69, 9.17) is 14.6 Å². The lowest BCUT2D eigenvalue weighted by Crippen LogP contribution is -2.32. The van der Waals surface area contributed by atoms with Crippen LogP contribution in [-0.4, -0.2) is 28.8 Å². The van der Waals surface area contributed by atoms with E-state index in [1.54, 1.807) is 6.08 Å². The van der Waals surface area contributed by atoms with Gasteiger partial charge >= 0.3 is 0 Å². The zero-order chi connectivity index (χ0) is 20.3. The van der Waals surface area contributed by atoms with Crippen LogP contribution in [0.1, 0.15) is 61.9 Å². The molecule has 31 heavy (non-hydrogen) atoms. The molecule has 0 bridgehead atoms. The second kappa shape index (κ2) is 9.45. The standard InChI is InChI=1S/C24H25N3O3.CH4/c28-22(27-30-23-7-3-4-14-29-23)13-10-16-8-11-17(12-9-16)18-15-19(18)24-25-20-5-1-2-6-21(20)26-24;/h1-2,5-6,8-13,18-19,23H,3-4,7,14-15H2,(H,25,26)(H,27,28);1H4/b13-10+;. The van der Waals surface area contributed by atoms with Crippen LogP contribution in [0, 0.1) is 0 Å². The van der Waals surface area contributed by atoms with Crippen LogP contribution in [0.25, 0.3) is 17.1 Å². The number of hydrogen-bond acceptors (Lipinski definition) is 4. The maximum atomic E-state index is 11.9. The van der Waals surface area contributed by atoms with Crippen LogP contribution in [0.2, 0.25) is 0 Å². The van der Waals surface area contributed by atoms with Gasteiger partial charge in [0.1, 0.15) is 5.82 Å². The van der Waals surface area contributed by atoms with Crippen LogP contribution >= 0.6 is 0 Å². The molecular formula is C25H29N3O3. The number of para-hydroxylation sites is 2. The SMILES string of the molecule is C.O=C(/C=C/c1ccc(C2CC2c2nc3ccccc3[nH]2)cc1)NOC1CCCCO1. The first kappa shape index (κ1) is 21.3. The van der Waals surface area contributed by atoms with E-state index in [9.17, 15) is 4.79 Å². The van der Waals surface area contributed by atoms with Crippen molar-refractivity contribution in [2.75, 3.05) is 6.61 Å². The summed E-state index contributed by atoms with van der Waals surface area (Å²) >= 11 is 0. The van der Waals surface area contributed by atoms with Crippen LogP contribution < -0.4 is 5.48 Å². The molecule has 1 aliphatic heterocycles. The number of nitrogens with zero attached hydrogens (tertiary/aromatic N) is 1. The molecule has 0 radical (unpaired) electrons. The molecule has 6 nitrogen and oxygen atoms in total. The average Bonchev–Trinajstić information content (AvgIpc) is 3.48. The van der Waals surface area contributed by atoms with Gasteiger partial charge in [-0.1, -0.05) is 43.8 Å². The first-order chi connectivity index (χ1) is 14.8. The summed E-state index contributed by atoms with van der Waals surface area (Å²) < 4.78 is 5.42. The van der Waals surface area contributed by atoms with E-state index in [0.717, 1.165) is 48.1 Å². The first-order valence-corrected chi connectivity index (χ1v) is 10.6. The second-order valence-electron chi connectivity index (χ2n) is 7.97. The molecule has 162 valence electrons. The normalized spacial score (nSPS) is 22.9. The average molecular weight is 420 g/mol. The third kappa shape index (κ3) is 5.03. The molecule has 6 heteroatoms. The summed E-state index contributed by atoms with van der Waals surface area (Å²) in [5.74, 6) is 1.73. The fraction of sp³-hybridized carbons (Fsp3) is 0.360. The molecule has 3 unspecified atom stereocenters. The fourth-order valence-electron chi connectivity index (χ4n) is 4.00. The number of carbonyl (C=O) groups is 1. The fourth-order valence-corrected chi connectivity index (χ4v) is 4.00. The summed E-state index contributed by atoms with van der Waals surface area (Å²) in [5, 5.41) is 0. The number of fused-ring (bicyclic) bond motifs is 1. The highest BCUT2D eigenvalue weighted by atomic mass is 16.8. The number of aromatic nitrogens is 2. The van der Waals surface area contributed by atoms with E-state index < -0.39 is 0 Å². The first-order valence-electron chi connectivity index (χ1n) is 10.6. The Bertz CT molecular complexity index is 1020. The Labute approximate surface area is 182 Å². The van der Waals surface area contributed by atoms with Gasteiger partial charge in [-0.3, -0.25) is 4.79 Å². The number of ether oxygens (including phenoxy) is 1. The number of H-pyrrole nitrogens is 1. The van der Waals surface area contributed by atoms with Crippen LogP contribution in [0.5, 0.6) is 0 Å². The van der Waals surface area contributed by atoms with Crippen LogP contribution in [0.15, 0.2) is 54.6 Å². The Morgan fingerprint density at radius 1 is 1.13 bits per heavy atom. The molecule has 3 aromatic rings. The van der Waals surface area contributed by atoms with E-state index >= 15 is 0 Å². The number of amides is 1. The third-order valence-corrected chi connectivity index (χ3v) is 5.77. The summed E-state index contributed by atoms with van der Waals surface area (Å²) in [4.78, 5) is 25.4. The van der Waals surface area contributed by atoms with Gasteiger partial charge < -0.3 is 9.72 Å². The molecule has 2 aliphatic rings. The molecule has 1 aromatic heterocycles. The monoisotopic (exact) mass is 419 g/mol. The summed E-state index contributed by atoms with van der Waals surface area (Å²) in [6.45, 7) is 0.681. The molecule has 2 heterocycles. The molecule has 2 N–H and O–H groups in total. The zero-order valence-electron chi connectivity index (χ0n) is 16.7. The van der Waals surface area contributed by atoms with Gasteiger partial charge in [-0.05, 0) is 54.5 Å². The number of benzene rings is 2. The van der Waals surface area contributed by atoms with Gasteiger partial charge in [-0.15, -0.1) is 0 Å². The Balaban J connectivity index is 0.00000231. The van der Waals surface area contributed by atoms with E-state index in [0.29, 0.717) is 18.4 Å². The van der Waals surface area contributed by atoms with Crippen molar-refractivity contribution in [1.82, 2.24) is 15.4 Å². The smallest absolute Gasteiger partial charge is 0.267 e. The Kier molecular flexibility index (Phi) is 6.49. The molecule has 2 aromatic carbocycles. The highest BCUT2D eigenvalue weighted by Gasteiger charge is 2.41. The second-order valence-corrected chi connectivity index (χ2v) is 7.97. The lowest BCUT2D eigenvalue weighted by molar-refractivity contribution is -0.198. The highest BCUT2D eigenvalue weighted by Crippen LogP contribution is 2.53. The number of carbonyl (C=O) groups excluding carboxylic acids is 1. The molecule has 0 spiro atoms. The molecule has 1 aliphatic carbocycles. The maximum absolute atomic E-state index is 11.9. The Morgan fingerprint density at radius 2 is 1.97 bits per heavy atom. The molecule has 1 amide bonds. The largest absolute Gasteiger partial charge is 0.350 e. The maximum Gasteiger partial charge on any atom is 0.267 e. The topological polar surface area (TPSA) is 76.2 Å². The minimum absolute atomic E-state index is 0. The summed E-state index contributed by atoms with van der Waals surface area (Å²) in [6, 6.07) is 16.5. The minimum Gasteiger partial charge on any atom is -0.350 e. The summed E-state index contributed by atoms with van der Waals surface area (Å²) in [7, 11) is 0. The van der Waals surface area contributed by atoms with Crippen molar-refractivity contribution in [1.29, 1.82) is 0 Å². The zero-order valence-corrected chi connectivity index (χ0v) is 16.7. The van der Waals surface area contributed by atoms with Crippen LogP contribution in [0.4, 0.5) is 0 Å². The third-order valence-electron chi connectivity index (χ3n) is 5.77. The van der Waals surface area contributed by atoms with Gasteiger partial charge in [0.15, 0.2) is 6.29 Å². The van der Waals surface area contributed by atoms with Gasteiger partial charge in [0, 0.05) is 25.0 Å². The van der Waals surface area contributed by atoms with Gasteiger partial charge in [0.05, 0.1) is 11.0 Å². The van der Waals surface area contributed by atoms with Crippen LogP contribution in [0.3, 0.4) is 0 Å². The molecule has 1 saturated carbocycles. The number of hydrogen-bond donors (Lipinski definition) is 2. The van der Waals surface area contributed by atoms with Gasteiger partial charge in [-0.2, -0.15) is 0 Å². The molecule has 2 fully saturated rings. The quantitative estimate of drug-likeness (QED) is 0.433. The minimum atomic E-state index is -0.339. The number of imidazole rings is 1. The van der Waals surface area contributed by atoms with Crippen molar-refractivity contribution in [3.8, 4) is 0 Å². The summed E-state index contributed by atoms with van der Waals surface area (Å²) in [6.07, 6.45) is 6.94. The lowest BCUT2D eigenvalue weighted by atomic mass is 10.1. The lowest BCUT2D eigenvalue weighted by Gasteiger charge is -2.21. The van der Waals surface area contributed by atoms with Crippen molar-refractivity contribution in [3.63, 3.8) is 0 Å². The van der Waals surface area contributed by atoms with Gasteiger partial charge in [0.2, 0.25) is 0 Å². The van der Waals surface area contributed by atoms with E-state index in [1.807, 2.05) is 30.3 Å². The molecule has 5 rings (SSSR count). The molecular weight excluding hydrogens is 390 g/mol. The summed E-state index contributed by atoms with van der Waals surface area (Å²) in [5.41, 5.74) is 6.83. The highest BCUT2D eigenvalue weighted by molar-refractivity contribution is 5.90. The predicted molar refractivity (Wildman–Crippen MR) is 121 cm³/mol. The predicted octanol–water partition coefficient (Wildman–Crippen LogP) is 5.06. The van der Waals surface area contributed by atoms with Crippen molar-refractivity contribution in [2.24, 2.45) is 0 Å². The van der Waals surface area contributed by atoms with E-state index in [-0.39, 0.29) is 19.6 Å². The van der Waals surface area contributed by atoms with Gasteiger partial charge in [-0.25, -0.2) is 15.3 Å². The van der Waals surface area contributed by atoms with Crippen molar-refractivity contribution in [3.05, 3.63) is 71.6 Å². The van der Waals surface area contributed by atoms with E-state index in [1.165, 1.54) is 11.6 Å². The van der Waals surface area contributed by atoms with Crippen molar-refractivity contribution < 1.29 is 14.4 Å². The molecule has 3 atom stereocenters. The van der Waals surface area contributed by atoms with Crippen molar-refractivity contribution >= 4 is 23.0 Å². The number of hydroxylamine groups is 1. The number of nitrogens with one attached hydrogen (secondary N) is 2. The number of rotatable bonds is 6. The van der Waals surface area contributed by atoms with E-state index in [2.05, 4.69) is 28.7 Å². The Morgan fingerprint density at radius 3 is 2.74 bits per heavy atom. The van der Waals surface area contributed by atoms with Gasteiger partial charge in [0.25, 0.3) is 5.91 Å².